The van der Waals surface area contributed by atoms with Crippen LogP contribution in [-0.2, 0) is 24.7 Å². The molecular formula is C19H18FN5O2S2. The Morgan fingerprint density at radius 3 is 2.76 bits per heavy atom. The molecule has 7 nitrogen and oxygen atoms in total. The van der Waals surface area contributed by atoms with Crippen LogP contribution < -0.4 is 11.1 Å². The second-order valence-corrected chi connectivity index (χ2v) is 8.68. The van der Waals surface area contributed by atoms with Crippen molar-refractivity contribution >= 4 is 39.9 Å². The molecule has 0 aliphatic heterocycles. The molecule has 0 saturated carbocycles. The van der Waals surface area contributed by atoms with Gasteiger partial charge >= 0.3 is 0 Å². The van der Waals surface area contributed by atoms with Crippen molar-refractivity contribution in [1.82, 2.24) is 14.8 Å². The number of amides is 2. The molecule has 3 N–H and O–H groups in total. The molecule has 0 fully saturated rings. The molecule has 0 saturated heterocycles. The molecule has 4 rings (SSSR count). The second-order valence-electron chi connectivity index (χ2n) is 6.63. The van der Waals surface area contributed by atoms with Gasteiger partial charge in [0, 0.05) is 17.5 Å². The van der Waals surface area contributed by atoms with Crippen LogP contribution in [0.15, 0.2) is 29.4 Å². The van der Waals surface area contributed by atoms with Crippen LogP contribution in [-0.4, -0.2) is 32.3 Å². The molecule has 1 aliphatic rings. The number of hydrogen-bond donors (Lipinski definition) is 2. The van der Waals surface area contributed by atoms with E-state index in [2.05, 4.69) is 15.5 Å². The van der Waals surface area contributed by atoms with Crippen LogP contribution in [0, 0.1) is 5.82 Å². The van der Waals surface area contributed by atoms with E-state index in [9.17, 15) is 14.0 Å². The summed E-state index contributed by atoms with van der Waals surface area (Å²) in [5.41, 5.74) is 7.68. The summed E-state index contributed by atoms with van der Waals surface area (Å²) in [5, 5.41) is 12.1. The Balaban J connectivity index is 1.43. The first kappa shape index (κ1) is 19.6. The number of thiophene rings is 1. The van der Waals surface area contributed by atoms with E-state index in [0.29, 0.717) is 21.5 Å². The fraction of sp³-hybridized carbons (Fsp3) is 0.263. The first-order valence-corrected chi connectivity index (χ1v) is 10.8. The van der Waals surface area contributed by atoms with E-state index >= 15 is 0 Å². The van der Waals surface area contributed by atoms with Gasteiger partial charge in [0.1, 0.15) is 10.8 Å². The average Bonchev–Trinajstić information content (AvgIpc) is 3.35. The monoisotopic (exact) mass is 431 g/mol. The summed E-state index contributed by atoms with van der Waals surface area (Å²) >= 11 is 2.66. The average molecular weight is 432 g/mol. The number of benzene rings is 1. The molecule has 0 spiro atoms. The van der Waals surface area contributed by atoms with E-state index in [0.717, 1.165) is 35.3 Å². The molecule has 2 heterocycles. The fourth-order valence-electron chi connectivity index (χ4n) is 3.34. The molecule has 2 amide bonds. The molecule has 3 aromatic rings. The fourth-order valence-corrected chi connectivity index (χ4v) is 5.36. The molecule has 0 radical (unpaired) electrons. The standard InChI is InChI=1S/C19H18FN5O2S2/c1-25-17(10-5-7-11(20)8-6-10)23-24-19(25)28-9-14(26)22-18-15(16(21)27)12-3-2-4-13(12)29-18/h5-8H,2-4,9H2,1H3,(H2,21,27)(H,22,26). The van der Waals surface area contributed by atoms with Gasteiger partial charge in [-0.2, -0.15) is 0 Å². The molecule has 150 valence electrons. The van der Waals surface area contributed by atoms with Crippen LogP contribution in [0.4, 0.5) is 9.39 Å². The normalized spacial score (nSPS) is 12.8. The number of primary amides is 1. The van der Waals surface area contributed by atoms with E-state index in [4.69, 9.17) is 5.73 Å². The lowest BCUT2D eigenvalue weighted by molar-refractivity contribution is -0.113. The topological polar surface area (TPSA) is 103 Å². The Kier molecular flexibility index (Phi) is 5.37. The molecule has 2 aromatic heterocycles. The Morgan fingerprint density at radius 1 is 1.28 bits per heavy atom. The van der Waals surface area contributed by atoms with Gasteiger partial charge in [-0.3, -0.25) is 9.59 Å². The zero-order valence-electron chi connectivity index (χ0n) is 15.6. The molecular weight excluding hydrogens is 413 g/mol. The number of fused-ring (bicyclic) bond motifs is 1. The maximum absolute atomic E-state index is 13.1. The summed E-state index contributed by atoms with van der Waals surface area (Å²) in [5.74, 6) is -0.389. The van der Waals surface area contributed by atoms with Crippen molar-refractivity contribution in [3.8, 4) is 11.4 Å². The van der Waals surface area contributed by atoms with Crippen molar-refractivity contribution in [3.05, 3.63) is 46.1 Å². The van der Waals surface area contributed by atoms with Crippen LogP contribution in [0.3, 0.4) is 0 Å². The zero-order chi connectivity index (χ0) is 20.5. The molecule has 29 heavy (non-hydrogen) atoms. The van der Waals surface area contributed by atoms with E-state index in [1.807, 2.05) is 0 Å². The lowest BCUT2D eigenvalue weighted by Gasteiger charge is -2.06. The van der Waals surface area contributed by atoms with E-state index in [-0.39, 0.29) is 17.5 Å². The first-order chi connectivity index (χ1) is 13.9. The van der Waals surface area contributed by atoms with Crippen molar-refractivity contribution in [1.29, 1.82) is 0 Å². The van der Waals surface area contributed by atoms with E-state index < -0.39 is 5.91 Å². The first-order valence-electron chi connectivity index (χ1n) is 8.96. The van der Waals surface area contributed by atoms with Gasteiger partial charge in [0.05, 0.1) is 11.3 Å². The third kappa shape index (κ3) is 3.90. The van der Waals surface area contributed by atoms with E-state index in [1.165, 1.54) is 35.2 Å². The van der Waals surface area contributed by atoms with Gasteiger partial charge in [-0.25, -0.2) is 4.39 Å². The summed E-state index contributed by atoms with van der Waals surface area (Å²) in [6, 6.07) is 5.97. The van der Waals surface area contributed by atoms with Crippen LogP contribution in [0.2, 0.25) is 0 Å². The van der Waals surface area contributed by atoms with Gasteiger partial charge in [-0.05, 0) is 49.1 Å². The van der Waals surface area contributed by atoms with Crippen LogP contribution in [0.5, 0.6) is 0 Å². The molecule has 1 aromatic carbocycles. The van der Waals surface area contributed by atoms with E-state index in [1.54, 1.807) is 23.7 Å². The lowest BCUT2D eigenvalue weighted by atomic mass is 10.1. The Morgan fingerprint density at radius 2 is 2.03 bits per heavy atom. The van der Waals surface area contributed by atoms with Crippen molar-refractivity contribution in [2.24, 2.45) is 12.8 Å². The van der Waals surface area contributed by atoms with Gasteiger partial charge in [0.2, 0.25) is 5.91 Å². The van der Waals surface area contributed by atoms with Gasteiger partial charge in [-0.1, -0.05) is 11.8 Å². The minimum absolute atomic E-state index is 0.107. The number of nitrogens with one attached hydrogen (secondary N) is 1. The summed E-state index contributed by atoms with van der Waals surface area (Å²) < 4.78 is 14.9. The molecule has 0 unspecified atom stereocenters. The minimum Gasteiger partial charge on any atom is -0.365 e. The summed E-state index contributed by atoms with van der Waals surface area (Å²) in [6.07, 6.45) is 2.74. The highest BCUT2D eigenvalue weighted by Crippen LogP contribution is 2.39. The predicted octanol–water partition coefficient (Wildman–Crippen LogP) is 3.00. The predicted molar refractivity (Wildman–Crippen MR) is 111 cm³/mol. The van der Waals surface area contributed by atoms with Crippen molar-refractivity contribution in [2.75, 3.05) is 11.1 Å². The van der Waals surface area contributed by atoms with Crippen molar-refractivity contribution in [3.63, 3.8) is 0 Å². The number of aromatic nitrogens is 3. The second kappa shape index (κ2) is 7.96. The number of nitrogens with two attached hydrogens (primary N) is 1. The zero-order valence-corrected chi connectivity index (χ0v) is 17.2. The number of aryl methyl sites for hydroxylation is 1. The number of thioether (sulfide) groups is 1. The largest absolute Gasteiger partial charge is 0.365 e. The summed E-state index contributed by atoms with van der Waals surface area (Å²) in [4.78, 5) is 25.4. The quantitative estimate of drug-likeness (QED) is 0.584. The smallest absolute Gasteiger partial charge is 0.251 e. The summed E-state index contributed by atoms with van der Waals surface area (Å²) in [6.45, 7) is 0. The van der Waals surface area contributed by atoms with Crippen molar-refractivity contribution < 1.29 is 14.0 Å². The van der Waals surface area contributed by atoms with Gasteiger partial charge in [0.15, 0.2) is 11.0 Å². The number of halogens is 1. The van der Waals surface area contributed by atoms with Crippen LogP contribution in [0.25, 0.3) is 11.4 Å². The van der Waals surface area contributed by atoms with Crippen LogP contribution in [0.1, 0.15) is 27.2 Å². The number of anilines is 1. The summed E-state index contributed by atoms with van der Waals surface area (Å²) in [7, 11) is 1.79. The SMILES string of the molecule is Cn1c(SCC(=O)Nc2sc3c(c2C(N)=O)CCC3)nnc1-c1ccc(F)cc1. The minimum atomic E-state index is -0.510. The number of nitrogens with zero attached hydrogens (tertiary/aromatic N) is 3. The molecule has 10 heteroatoms. The Hall–Kier alpha value is -2.72. The highest BCUT2D eigenvalue weighted by atomic mass is 32.2. The molecule has 0 atom stereocenters. The highest BCUT2D eigenvalue weighted by molar-refractivity contribution is 7.99. The van der Waals surface area contributed by atoms with Gasteiger partial charge in [0.25, 0.3) is 5.91 Å². The molecule has 1 aliphatic carbocycles. The maximum Gasteiger partial charge on any atom is 0.251 e. The number of rotatable bonds is 6. The Labute approximate surface area is 174 Å². The Bertz CT molecular complexity index is 1090. The number of carbonyl (C=O) groups excluding carboxylic acids is 2. The number of hydrogen-bond acceptors (Lipinski definition) is 6. The maximum atomic E-state index is 13.1. The van der Waals surface area contributed by atoms with Crippen molar-refractivity contribution in [2.45, 2.75) is 24.4 Å². The van der Waals surface area contributed by atoms with Gasteiger partial charge < -0.3 is 15.6 Å². The lowest BCUT2D eigenvalue weighted by Crippen LogP contribution is -2.19. The third-order valence-corrected chi connectivity index (χ3v) is 6.92. The van der Waals surface area contributed by atoms with Crippen LogP contribution >= 0.6 is 23.1 Å². The van der Waals surface area contributed by atoms with Gasteiger partial charge in [-0.15, -0.1) is 21.5 Å². The highest BCUT2D eigenvalue weighted by Gasteiger charge is 2.26. The number of carbonyl (C=O) groups is 2. The third-order valence-electron chi connectivity index (χ3n) is 4.69. The molecule has 0 bridgehead atoms.